The van der Waals surface area contributed by atoms with Gasteiger partial charge in [-0.25, -0.2) is 0 Å². The molecule has 13 heavy (non-hydrogen) atoms. The number of carboxylic acid groups (broad SMARTS) is 1. The van der Waals surface area contributed by atoms with Crippen molar-refractivity contribution in [3.63, 3.8) is 0 Å². The molecule has 0 aliphatic rings. The number of rotatable bonds is 6. The molecule has 2 atom stereocenters. The maximum absolute atomic E-state index is 10.8. The summed E-state index contributed by atoms with van der Waals surface area (Å²) < 4.78 is 0. The van der Waals surface area contributed by atoms with E-state index in [0.717, 1.165) is 6.42 Å². The number of carbonyl (C=O) groups is 1. The van der Waals surface area contributed by atoms with E-state index >= 15 is 0 Å². The molecule has 0 amide bonds. The minimum Gasteiger partial charge on any atom is -0.480 e. The van der Waals surface area contributed by atoms with Crippen molar-refractivity contribution in [2.75, 3.05) is 6.54 Å². The molecule has 0 radical (unpaired) electrons. The summed E-state index contributed by atoms with van der Waals surface area (Å²) in [4.78, 5) is 10.8. The molecule has 0 aliphatic heterocycles. The van der Waals surface area contributed by atoms with Crippen molar-refractivity contribution in [2.45, 2.75) is 37.7 Å². The predicted octanol–water partition coefficient (Wildman–Crippen LogP) is 1.57. The minimum atomic E-state index is -0.719. The van der Waals surface area contributed by atoms with Crippen LogP contribution in [0.25, 0.3) is 0 Å². The fourth-order valence-corrected chi connectivity index (χ4v) is 2.26. The Hall–Kier alpha value is -0.220. The zero-order chi connectivity index (χ0) is 10.4. The molecule has 0 saturated heterocycles. The quantitative estimate of drug-likeness (QED) is 0.691. The monoisotopic (exact) mass is 205 g/mol. The van der Waals surface area contributed by atoms with Gasteiger partial charge < -0.3 is 10.8 Å². The second-order valence-electron chi connectivity index (χ2n) is 3.53. The predicted molar refractivity (Wildman–Crippen MR) is 57.0 cm³/mol. The van der Waals surface area contributed by atoms with Gasteiger partial charge >= 0.3 is 5.97 Å². The summed E-state index contributed by atoms with van der Waals surface area (Å²) in [5, 5.41) is 8.93. The number of hydrogen-bond acceptors (Lipinski definition) is 3. The summed E-state index contributed by atoms with van der Waals surface area (Å²) in [6.45, 7) is 6.51. The Morgan fingerprint density at radius 2 is 2.00 bits per heavy atom. The topological polar surface area (TPSA) is 63.3 Å². The Balaban J connectivity index is 4.02. The van der Waals surface area contributed by atoms with Gasteiger partial charge in [0.1, 0.15) is 5.25 Å². The molecule has 0 aromatic rings. The second kappa shape index (κ2) is 6.27. The average molecular weight is 205 g/mol. The van der Waals surface area contributed by atoms with Gasteiger partial charge in [-0.2, -0.15) is 0 Å². The van der Waals surface area contributed by atoms with Crippen LogP contribution in [0.4, 0.5) is 0 Å². The highest BCUT2D eigenvalue weighted by atomic mass is 32.2. The van der Waals surface area contributed by atoms with Gasteiger partial charge in [0.15, 0.2) is 0 Å². The molecular formula is C9H19NO2S. The summed E-state index contributed by atoms with van der Waals surface area (Å²) in [6, 6.07) is 0. The molecular weight excluding hydrogens is 186 g/mol. The van der Waals surface area contributed by atoms with Gasteiger partial charge in [-0.3, -0.25) is 4.79 Å². The standard InChI is InChI=1S/C9H19NO2S/c1-6(2)8(9(11)12)13-7(3)4-5-10/h6-8H,4-5,10H2,1-3H3,(H,11,12). The van der Waals surface area contributed by atoms with Crippen LogP contribution in [0.1, 0.15) is 27.2 Å². The van der Waals surface area contributed by atoms with Crippen LogP contribution in [-0.4, -0.2) is 28.1 Å². The highest BCUT2D eigenvalue weighted by Gasteiger charge is 2.23. The molecule has 0 fully saturated rings. The maximum atomic E-state index is 10.8. The highest BCUT2D eigenvalue weighted by molar-refractivity contribution is 8.01. The van der Waals surface area contributed by atoms with Crippen LogP contribution in [-0.2, 0) is 4.79 Å². The summed E-state index contributed by atoms with van der Waals surface area (Å²) in [6.07, 6.45) is 0.876. The summed E-state index contributed by atoms with van der Waals surface area (Å²) in [5.41, 5.74) is 5.40. The fourth-order valence-electron chi connectivity index (χ4n) is 1.05. The third kappa shape index (κ3) is 5.16. The Kier molecular flexibility index (Phi) is 6.16. The van der Waals surface area contributed by atoms with E-state index < -0.39 is 5.97 Å². The van der Waals surface area contributed by atoms with E-state index in [-0.39, 0.29) is 11.2 Å². The first-order valence-electron chi connectivity index (χ1n) is 4.57. The van der Waals surface area contributed by atoms with Gasteiger partial charge in [0, 0.05) is 5.25 Å². The second-order valence-corrected chi connectivity index (χ2v) is 5.11. The Morgan fingerprint density at radius 1 is 1.46 bits per heavy atom. The first-order valence-corrected chi connectivity index (χ1v) is 5.51. The maximum Gasteiger partial charge on any atom is 0.316 e. The molecule has 2 unspecified atom stereocenters. The van der Waals surface area contributed by atoms with Crippen LogP contribution in [0, 0.1) is 5.92 Å². The van der Waals surface area contributed by atoms with Gasteiger partial charge in [0.2, 0.25) is 0 Å². The first-order chi connectivity index (χ1) is 5.99. The van der Waals surface area contributed by atoms with Crippen molar-refractivity contribution >= 4 is 17.7 Å². The lowest BCUT2D eigenvalue weighted by Crippen LogP contribution is -2.25. The Labute approximate surface area is 84.1 Å². The third-order valence-electron chi connectivity index (χ3n) is 1.80. The van der Waals surface area contributed by atoms with Crippen molar-refractivity contribution in [2.24, 2.45) is 11.7 Å². The molecule has 0 aromatic carbocycles. The molecule has 3 nitrogen and oxygen atoms in total. The fraction of sp³-hybridized carbons (Fsp3) is 0.889. The summed E-state index contributed by atoms with van der Waals surface area (Å²) >= 11 is 1.51. The van der Waals surface area contributed by atoms with Crippen molar-refractivity contribution in [3.8, 4) is 0 Å². The van der Waals surface area contributed by atoms with E-state index in [2.05, 4.69) is 0 Å². The molecule has 0 aliphatic carbocycles. The lowest BCUT2D eigenvalue weighted by Gasteiger charge is -2.19. The molecule has 3 N–H and O–H groups in total. The van der Waals surface area contributed by atoms with E-state index in [0.29, 0.717) is 11.8 Å². The molecule has 0 saturated carbocycles. The minimum absolute atomic E-state index is 0.169. The lowest BCUT2D eigenvalue weighted by molar-refractivity contribution is -0.137. The van der Waals surface area contributed by atoms with Gasteiger partial charge in [-0.05, 0) is 18.9 Å². The highest BCUT2D eigenvalue weighted by Crippen LogP contribution is 2.25. The van der Waals surface area contributed by atoms with E-state index in [1.165, 1.54) is 11.8 Å². The third-order valence-corrected chi connectivity index (χ3v) is 3.54. The number of hydrogen-bond donors (Lipinski definition) is 2. The van der Waals surface area contributed by atoms with Crippen LogP contribution < -0.4 is 5.73 Å². The number of aliphatic carboxylic acids is 1. The van der Waals surface area contributed by atoms with Crippen molar-refractivity contribution in [1.29, 1.82) is 0 Å². The number of carboxylic acids is 1. The zero-order valence-corrected chi connectivity index (χ0v) is 9.30. The van der Waals surface area contributed by atoms with E-state index in [9.17, 15) is 4.79 Å². The Bertz CT molecular complexity index is 162. The van der Waals surface area contributed by atoms with Crippen LogP contribution in [0.5, 0.6) is 0 Å². The largest absolute Gasteiger partial charge is 0.480 e. The molecule has 0 rings (SSSR count). The van der Waals surface area contributed by atoms with Crippen molar-refractivity contribution in [1.82, 2.24) is 0 Å². The molecule has 0 aromatic heterocycles. The van der Waals surface area contributed by atoms with E-state index in [1.807, 2.05) is 20.8 Å². The normalized spacial score (nSPS) is 15.8. The van der Waals surface area contributed by atoms with Crippen molar-refractivity contribution in [3.05, 3.63) is 0 Å². The molecule has 0 spiro atoms. The van der Waals surface area contributed by atoms with E-state index in [4.69, 9.17) is 10.8 Å². The van der Waals surface area contributed by atoms with E-state index in [1.54, 1.807) is 0 Å². The van der Waals surface area contributed by atoms with Gasteiger partial charge in [0.05, 0.1) is 0 Å². The summed E-state index contributed by atoms with van der Waals surface area (Å²) in [5.74, 6) is -0.549. The zero-order valence-electron chi connectivity index (χ0n) is 8.49. The van der Waals surface area contributed by atoms with Crippen LogP contribution in [0.15, 0.2) is 0 Å². The number of thioether (sulfide) groups is 1. The SMILES string of the molecule is CC(CCN)SC(C(=O)O)C(C)C. The molecule has 0 bridgehead atoms. The van der Waals surface area contributed by atoms with Gasteiger partial charge in [0.25, 0.3) is 0 Å². The van der Waals surface area contributed by atoms with Crippen molar-refractivity contribution < 1.29 is 9.90 Å². The lowest BCUT2D eigenvalue weighted by atomic mass is 10.1. The molecule has 4 heteroatoms. The average Bonchev–Trinajstić information content (AvgIpc) is 1.99. The summed E-state index contributed by atoms with van der Waals surface area (Å²) in [7, 11) is 0. The molecule has 0 heterocycles. The van der Waals surface area contributed by atoms with Crippen LogP contribution in [0.2, 0.25) is 0 Å². The molecule has 78 valence electrons. The van der Waals surface area contributed by atoms with Crippen LogP contribution >= 0.6 is 11.8 Å². The first kappa shape index (κ1) is 12.8. The van der Waals surface area contributed by atoms with Crippen LogP contribution in [0.3, 0.4) is 0 Å². The smallest absolute Gasteiger partial charge is 0.316 e. The Morgan fingerprint density at radius 3 is 2.31 bits per heavy atom. The van der Waals surface area contributed by atoms with Gasteiger partial charge in [-0.15, -0.1) is 11.8 Å². The van der Waals surface area contributed by atoms with Gasteiger partial charge in [-0.1, -0.05) is 20.8 Å². The number of nitrogens with two attached hydrogens (primary N) is 1.